The van der Waals surface area contributed by atoms with Gasteiger partial charge in [0.15, 0.2) is 0 Å². The topological polar surface area (TPSA) is 74.2 Å². The van der Waals surface area contributed by atoms with Crippen molar-refractivity contribution in [2.75, 3.05) is 6.61 Å². The number of aromatic nitrogens is 2. The number of hydrogen-bond donors (Lipinski definition) is 1. The lowest BCUT2D eigenvalue weighted by molar-refractivity contribution is -0.0847. The molecule has 5 heteroatoms. The number of rotatable bonds is 4. The monoisotopic (exact) mass is 295 g/mol. The molecule has 0 amide bonds. The van der Waals surface area contributed by atoms with Gasteiger partial charge in [0, 0.05) is 6.61 Å². The minimum atomic E-state index is -0.388. The molecule has 1 heterocycles. The van der Waals surface area contributed by atoms with Gasteiger partial charge < -0.3 is 15.0 Å². The molecule has 2 rings (SSSR count). The largest absolute Gasteiger partial charge is 0.367 e. The van der Waals surface area contributed by atoms with E-state index in [4.69, 9.17) is 15.0 Å². The van der Waals surface area contributed by atoms with E-state index in [2.05, 4.69) is 37.8 Å². The van der Waals surface area contributed by atoms with Crippen LogP contribution in [0.15, 0.2) is 4.52 Å². The van der Waals surface area contributed by atoms with Gasteiger partial charge in [-0.15, -0.1) is 0 Å². The molecule has 1 atom stereocenters. The lowest BCUT2D eigenvalue weighted by Crippen LogP contribution is -2.35. The number of nitrogens with two attached hydrogens (primary N) is 1. The first-order valence-corrected chi connectivity index (χ1v) is 8.02. The second-order valence-corrected chi connectivity index (χ2v) is 7.41. The van der Waals surface area contributed by atoms with E-state index in [-0.39, 0.29) is 17.1 Å². The summed E-state index contributed by atoms with van der Waals surface area (Å²) in [5.41, 5.74) is 5.72. The molecule has 0 spiro atoms. The van der Waals surface area contributed by atoms with Crippen molar-refractivity contribution in [1.29, 1.82) is 0 Å². The molecule has 0 aliphatic heterocycles. The molecule has 1 aromatic heterocycles. The molecule has 120 valence electrons. The SMILES string of the molecule is CCOC1(c2noc([C@H](N)C(C)(C)C)n2)CCC(C)CC1. The van der Waals surface area contributed by atoms with Gasteiger partial charge in [-0.1, -0.05) is 32.9 Å². The molecule has 1 aromatic rings. The summed E-state index contributed by atoms with van der Waals surface area (Å²) in [4.78, 5) is 4.59. The molecule has 0 unspecified atom stereocenters. The van der Waals surface area contributed by atoms with E-state index in [9.17, 15) is 0 Å². The Morgan fingerprint density at radius 2 is 2.00 bits per heavy atom. The standard InChI is InChI=1S/C16H29N3O2/c1-6-20-16(9-7-11(2)8-10-16)14-18-13(21-19-14)12(17)15(3,4)5/h11-12H,6-10,17H2,1-5H3/t11?,12-,16?/m0/s1. The summed E-state index contributed by atoms with van der Waals surface area (Å²) >= 11 is 0. The maximum absolute atomic E-state index is 6.22. The summed E-state index contributed by atoms with van der Waals surface area (Å²) < 4.78 is 11.5. The Morgan fingerprint density at radius 3 is 2.52 bits per heavy atom. The van der Waals surface area contributed by atoms with Gasteiger partial charge in [-0.25, -0.2) is 0 Å². The average molecular weight is 295 g/mol. The van der Waals surface area contributed by atoms with Crippen molar-refractivity contribution in [2.45, 2.75) is 71.9 Å². The third-order valence-corrected chi connectivity index (χ3v) is 4.55. The third kappa shape index (κ3) is 3.46. The van der Waals surface area contributed by atoms with Crippen LogP contribution < -0.4 is 5.73 Å². The van der Waals surface area contributed by atoms with E-state index in [1.165, 1.54) is 0 Å². The zero-order chi connectivity index (χ0) is 15.7. The highest BCUT2D eigenvalue weighted by Crippen LogP contribution is 2.42. The molecule has 21 heavy (non-hydrogen) atoms. The molecular formula is C16H29N3O2. The molecule has 0 aromatic carbocycles. The molecule has 1 fully saturated rings. The fourth-order valence-corrected chi connectivity index (χ4v) is 2.85. The van der Waals surface area contributed by atoms with Crippen LogP contribution >= 0.6 is 0 Å². The quantitative estimate of drug-likeness (QED) is 0.919. The maximum Gasteiger partial charge on any atom is 0.244 e. The predicted molar refractivity (Wildman–Crippen MR) is 81.6 cm³/mol. The molecule has 5 nitrogen and oxygen atoms in total. The van der Waals surface area contributed by atoms with E-state index >= 15 is 0 Å². The first-order chi connectivity index (χ1) is 9.78. The van der Waals surface area contributed by atoms with Crippen molar-refractivity contribution in [2.24, 2.45) is 17.1 Å². The van der Waals surface area contributed by atoms with E-state index in [0.717, 1.165) is 31.6 Å². The van der Waals surface area contributed by atoms with Gasteiger partial charge in [0.2, 0.25) is 11.7 Å². The zero-order valence-corrected chi connectivity index (χ0v) is 14.0. The van der Waals surface area contributed by atoms with Crippen LogP contribution in [0.25, 0.3) is 0 Å². The smallest absolute Gasteiger partial charge is 0.244 e. The van der Waals surface area contributed by atoms with Crippen molar-refractivity contribution in [3.05, 3.63) is 11.7 Å². The van der Waals surface area contributed by atoms with Crippen LogP contribution in [0.1, 0.15) is 78.1 Å². The van der Waals surface area contributed by atoms with Crippen LogP contribution in [0.3, 0.4) is 0 Å². The summed E-state index contributed by atoms with van der Waals surface area (Å²) in [7, 11) is 0. The fourth-order valence-electron chi connectivity index (χ4n) is 2.85. The van der Waals surface area contributed by atoms with Crippen molar-refractivity contribution in [3.8, 4) is 0 Å². The lowest BCUT2D eigenvalue weighted by atomic mass is 9.79. The number of ether oxygens (including phenoxy) is 1. The average Bonchev–Trinajstić information content (AvgIpc) is 2.90. The summed E-state index contributed by atoms with van der Waals surface area (Å²) in [6.07, 6.45) is 4.17. The predicted octanol–water partition coefficient (Wildman–Crippen LogP) is 3.56. The normalized spacial score (nSPS) is 28.6. The highest BCUT2D eigenvalue weighted by atomic mass is 16.5. The van der Waals surface area contributed by atoms with E-state index in [1.807, 2.05) is 6.92 Å². The van der Waals surface area contributed by atoms with Crippen LogP contribution in [0.4, 0.5) is 0 Å². The number of nitrogens with zero attached hydrogens (tertiary/aromatic N) is 2. The van der Waals surface area contributed by atoms with Gasteiger partial charge in [0.25, 0.3) is 0 Å². The molecular weight excluding hydrogens is 266 g/mol. The summed E-state index contributed by atoms with van der Waals surface area (Å²) in [6, 6.07) is -0.264. The fraction of sp³-hybridized carbons (Fsp3) is 0.875. The Bertz CT molecular complexity index is 456. The second kappa shape index (κ2) is 6.05. The molecule has 1 aliphatic rings. The van der Waals surface area contributed by atoms with Crippen molar-refractivity contribution in [3.63, 3.8) is 0 Å². The van der Waals surface area contributed by atoms with Crippen molar-refractivity contribution >= 4 is 0 Å². The van der Waals surface area contributed by atoms with Gasteiger partial charge in [-0.05, 0) is 43.9 Å². The Morgan fingerprint density at radius 1 is 1.38 bits per heavy atom. The van der Waals surface area contributed by atoms with Crippen LogP contribution in [-0.4, -0.2) is 16.7 Å². The summed E-state index contributed by atoms with van der Waals surface area (Å²) in [5, 5.41) is 4.20. The van der Waals surface area contributed by atoms with Gasteiger partial charge in [-0.2, -0.15) is 4.98 Å². The first kappa shape index (κ1) is 16.4. The minimum Gasteiger partial charge on any atom is -0.367 e. The zero-order valence-electron chi connectivity index (χ0n) is 14.0. The molecule has 2 N–H and O–H groups in total. The highest BCUT2D eigenvalue weighted by molar-refractivity contribution is 5.06. The van der Waals surface area contributed by atoms with Gasteiger partial charge in [-0.3, -0.25) is 0 Å². The van der Waals surface area contributed by atoms with Gasteiger partial charge in [0.1, 0.15) is 5.60 Å². The number of hydrogen-bond acceptors (Lipinski definition) is 5. The van der Waals surface area contributed by atoms with E-state index in [1.54, 1.807) is 0 Å². The molecule has 1 aliphatic carbocycles. The Hall–Kier alpha value is -0.940. The second-order valence-electron chi connectivity index (χ2n) is 7.41. The lowest BCUT2D eigenvalue weighted by Gasteiger charge is -2.36. The molecule has 0 radical (unpaired) electrons. The van der Waals surface area contributed by atoms with E-state index in [0.29, 0.717) is 18.3 Å². The summed E-state index contributed by atoms with van der Waals surface area (Å²) in [5.74, 6) is 1.92. The van der Waals surface area contributed by atoms with Crippen molar-refractivity contribution in [1.82, 2.24) is 10.1 Å². The Labute approximate surface area is 127 Å². The molecule has 1 saturated carbocycles. The maximum atomic E-state index is 6.22. The van der Waals surface area contributed by atoms with Crippen LogP contribution in [0.2, 0.25) is 0 Å². The van der Waals surface area contributed by atoms with E-state index < -0.39 is 0 Å². The van der Waals surface area contributed by atoms with Crippen LogP contribution in [0.5, 0.6) is 0 Å². The first-order valence-electron chi connectivity index (χ1n) is 8.02. The highest BCUT2D eigenvalue weighted by Gasteiger charge is 2.41. The van der Waals surface area contributed by atoms with Crippen LogP contribution in [-0.2, 0) is 10.3 Å². The van der Waals surface area contributed by atoms with Gasteiger partial charge >= 0.3 is 0 Å². The third-order valence-electron chi connectivity index (χ3n) is 4.55. The van der Waals surface area contributed by atoms with Gasteiger partial charge in [0.05, 0.1) is 6.04 Å². The minimum absolute atomic E-state index is 0.107. The molecule has 0 bridgehead atoms. The molecule has 0 saturated heterocycles. The Kier molecular flexibility index (Phi) is 4.73. The van der Waals surface area contributed by atoms with Crippen LogP contribution in [0, 0.1) is 11.3 Å². The summed E-state index contributed by atoms with van der Waals surface area (Å²) in [6.45, 7) is 11.2. The van der Waals surface area contributed by atoms with Crippen molar-refractivity contribution < 1.29 is 9.26 Å². The Balaban J connectivity index is 2.24.